The molecular weight excluding hydrogens is 282 g/mol. The van der Waals surface area contributed by atoms with Crippen LogP contribution in [0.3, 0.4) is 0 Å². The van der Waals surface area contributed by atoms with Crippen LogP contribution in [0.1, 0.15) is 26.2 Å². The van der Waals surface area contributed by atoms with Gasteiger partial charge in [0.05, 0.1) is 25.0 Å². The highest BCUT2D eigenvalue weighted by molar-refractivity contribution is 6.32. The summed E-state index contributed by atoms with van der Waals surface area (Å²) >= 11 is 6.00. The Bertz CT molecular complexity index is 459. The Hall–Kier alpha value is -1.11. The van der Waals surface area contributed by atoms with Gasteiger partial charge in [-0.05, 0) is 18.8 Å². The van der Waals surface area contributed by atoms with Crippen molar-refractivity contribution in [1.82, 2.24) is 9.78 Å². The Kier molecular flexibility index (Phi) is 7.58. The summed E-state index contributed by atoms with van der Waals surface area (Å²) in [6, 6.07) is 0. The molecule has 6 nitrogen and oxygen atoms in total. The van der Waals surface area contributed by atoms with Crippen LogP contribution >= 0.6 is 11.6 Å². The van der Waals surface area contributed by atoms with E-state index in [0.717, 1.165) is 17.5 Å². The van der Waals surface area contributed by atoms with E-state index in [4.69, 9.17) is 21.8 Å². The number of hydrogen-bond acceptors (Lipinski definition) is 5. The van der Waals surface area contributed by atoms with Crippen LogP contribution in [0.15, 0.2) is 11.0 Å². The monoisotopic (exact) mass is 303 g/mol. The fourth-order valence-electron chi connectivity index (χ4n) is 2.04. The minimum absolute atomic E-state index is 0.0766. The Morgan fingerprint density at radius 1 is 1.40 bits per heavy atom. The van der Waals surface area contributed by atoms with Gasteiger partial charge in [-0.25, -0.2) is 4.68 Å². The maximum atomic E-state index is 11.9. The van der Waals surface area contributed by atoms with Crippen LogP contribution in [-0.2, 0) is 6.54 Å². The Morgan fingerprint density at radius 2 is 2.15 bits per heavy atom. The smallest absolute Gasteiger partial charge is 0.287 e. The molecule has 1 aromatic heterocycles. The first-order chi connectivity index (χ1) is 9.63. The van der Waals surface area contributed by atoms with Crippen LogP contribution in [0, 0.1) is 5.92 Å². The molecule has 0 bridgehead atoms. The van der Waals surface area contributed by atoms with Crippen molar-refractivity contribution in [2.24, 2.45) is 5.92 Å². The van der Waals surface area contributed by atoms with E-state index in [1.54, 1.807) is 0 Å². The van der Waals surface area contributed by atoms with Gasteiger partial charge in [0.2, 0.25) is 0 Å². The Morgan fingerprint density at radius 3 is 2.75 bits per heavy atom. The molecule has 0 aliphatic carbocycles. The fourth-order valence-corrected chi connectivity index (χ4v) is 2.25. The zero-order valence-electron chi connectivity index (χ0n) is 11.7. The average molecular weight is 304 g/mol. The van der Waals surface area contributed by atoms with Crippen molar-refractivity contribution >= 4 is 17.3 Å². The second kappa shape index (κ2) is 8.94. The van der Waals surface area contributed by atoms with Crippen molar-refractivity contribution in [3.05, 3.63) is 21.6 Å². The number of halogens is 1. The lowest BCUT2D eigenvalue weighted by Gasteiger charge is -2.17. The van der Waals surface area contributed by atoms with Gasteiger partial charge in [-0.2, -0.15) is 5.10 Å². The van der Waals surface area contributed by atoms with E-state index in [2.05, 4.69) is 17.3 Å². The molecule has 1 heterocycles. The molecule has 1 aromatic rings. The number of hydrogen-bond donors (Lipinski definition) is 3. The Labute approximate surface area is 123 Å². The van der Waals surface area contributed by atoms with Gasteiger partial charge in [-0.15, -0.1) is 0 Å². The predicted octanol–water partition coefficient (Wildman–Crippen LogP) is 1.10. The van der Waals surface area contributed by atoms with Crippen molar-refractivity contribution in [3.63, 3.8) is 0 Å². The fraction of sp³-hybridized carbons (Fsp3) is 0.692. The van der Waals surface area contributed by atoms with Crippen molar-refractivity contribution in [3.8, 4) is 0 Å². The average Bonchev–Trinajstić information content (AvgIpc) is 2.43. The van der Waals surface area contributed by atoms with Gasteiger partial charge in [-0.1, -0.05) is 24.9 Å². The molecule has 0 spiro atoms. The number of aliphatic hydroxyl groups excluding tert-OH is 2. The van der Waals surface area contributed by atoms with Gasteiger partial charge in [0.15, 0.2) is 0 Å². The zero-order chi connectivity index (χ0) is 15.0. The number of aliphatic hydroxyl groups is 2. The van der Waals surface area contributed by atoms with Gasteiger partial charge < -0.3 is 15.5 Å². The largest absolute Gasteiger partial charge is 0.396 e. The van der Waals surface area contributed by atoms with Crippen LogP contribution in [0.2, 0.25) is 5.02 Å². The van der Waals surface area contributed by atoms with E-state index in [1.807, 2.05) is 0 Å². The predicted molar refractivity (Wildman–Crippen MR) is 79.2 cm³/mol. The second-order valence-corrected chi connectivity index (χ2v) is 5.05. The van der Waals surface area contributed by atoms with Crippen molar-refractivity contribution < 1.29 is 10.2 Å². The maximum absolute atomic E-state index is 11.9. The number of aromatic nitrogens is 2. The summed E-state index contributed by atoms with van der Waals surface area (Å²) in [5, 5.41) is 25.0. The summed E-state index contributed by atoms with van der Waals surface area (Å²) in [6.07, 6.45) is 4.24. The summed E-state index contributed by atoms with van der Waals surface area (Å²) in [6.45, 7) is 2.84. The van der Waals surface area contributed by atoms with Gasteiger partial charge in [0.1, 0.15) is 5.02 Å². The first-order valence-corrected chi connectivity index (χ1v) is 7.23. The van der Waals surface area contributed by atoms with Crippen LogP contribution in [-0.4, -0.2) is 39.8 Å². The SMILES string of the molecule is CCCC(CCO)CNc1cnn(CCO)c(=O)c1Cl. The first-order valence-electron chi connectivity index (χ1n) is 6.85. The highest BCUT2D eigenvalue weighted by atomic mass is 35.5. The van der Waals surface area contributed by atoms with Gasteiger partial charge in [-0.3, -0.25) is 4.79 Å². The molecule has 3 N–H and O–H groups in total. The number of nitrogens with zero attached hydrogens (tertiary/aromatic N) is 2. The van der Waals surface area contributed by atoms with E-state index < -0.39 is 5.56 Å². The van der Waals surface area contributed by atoms with Crippen molar-refractivity contribution in [1.29, 1.82) is 0 Å². The van der Waals surface area contributed by atoms with E-state index in [0.29, 0.717) is 24.6 Å². The summed E-state index contributed by atoms with van der Waals surface area (Å²) in [4.78, 5) is 11.9. The molecule has 0 fully saturated rings. The molecule has 0 radical (unpaired) electrons. The normalized spacial score (nSPS) is 12.4. The third-order valence-electron chi connectivity index (χ3n) is 3.11. The third kappa shape index (κ3) is 4.77. The first kappa shape index (κ1) is 16.9. The summed E-state index contributed by atoms with van der Waals surface area (Å²) in [7, 11) is 0. The zero-order valence-corrected chi connectivity index (χ0v) is 12.4. The van der Waals surface area contributed by atoms with Gasteiger partial charge in [0.25, 0.3) is 5.56 Å². The molecule has 20 heavy (non-hydrogen) atoms. The van der Waals surface area contributed by atoms with E-state index >= 15 is 0 Å². The standard InChI is InChI=1S/C13H22ClN3O3/c1-2-3-10(4-6-18)8-15-11-9-16-17(5-7-19)13(20)12(11)14/h9-10,15,18-19H,2-8H2,1H3. The highest BCUT2D eigenvalue weighted by Crippen LogP contribution is 2.18. The molecule has 0 aromatic carbocycles. The van der Waals surface area contributed by atoms with Gasteiger partial charge in [0, 0.05) is 13.2 Å². The molecule has 0 amide bonds. The number of nitrogens with one attached hydrogen (secondary N) is 1. The third-order valence-corrected chi connectivity index (χ3v) is 3.48. The molecule has 7 heteroatoms. The van der Waals surface area contributed by atoms with Crippen LogP contribution in [0.5, 0.6) is 0 Å². The van der Waals surface area contributed by atoms with Crippen molar-refractivity contribution in [2.75, 3.05) is 25.1 Å². The summed E-state index contributed by atoms with van der Waals surface area (Å²) < 4.78 is 1.13. The minimum atomic E-state index is -0.417. The molecule has 0 aliphatic rings. The molecule has 114 valence electrons. The van der Waals surface area contributed by atoms with E-state index in [9.17, 15) is 4.79 Å². The quantitative estimate of drug-likeness (QED) is 0.636. The van der Waals surface area contributed by atoms with Crippen LogP contribution < -0.4 is 10.9 Å². The van der Waals surface area contributed by atoms with Crippen molar-refractivity contribution in [2.45, 2.75) is 32.7 Å². The summed E-state index contributed by atoms with van der Waals surface area (Å²) in [5.74, 6) is 0.334. The summed E-state index contributed by atoms with van der Waals surface area (Å²) in [5.41, 5.74) is 0.0739. The molecule has 1 rings (SSSR count). The number of rotatable bonds is 9. The highest BCUT2D eigenvalue weighted by Gasteiger charge is 2.11. The molecule has 0 saturated heterocycles. The number of anilines is 1. The lowest BCUT2D eigenvalue weighted by molar-refractivity contribution is 0.255. The molecule has 0 aliphatic heterocycles. The van der Waals surface area contributed by atoms with Crippen LogP contribution in [0.4, 0.5) is 5.69 Å². The lowest BCUT2D eigenvalue weighted by Crippen LogP contribution is -2.26. The second-order valence-electron chi connectivity index (χ2n) is 4.67. The minimum Gasteiger partial charge on any atom is -0.396 e. The molecule has 0 saturated carbocycles. The molecule has 1 atom stereocenters. The molecule has 1 unspecified atom stereocenters. The lowest BCUT2D eigenvalue weighted by atomic mass is 10.0. The van der Waals surface area contributed by atoms with E-state index in [1.165, 1.54) is 6.20 Å². The van der Waals surface area contributed by atoms with E-state index in [-0.39, 0.29) is 24.8 Å². The maximum Gasteiger partial charge on any atom is 0.287 e. The van der Waals surface area contributed by atoms with Gasteiger partial charge >= 0.3 is 0 Å². The Balaban J connectivity index is 2.72. The topological polar surface area (TPSA) is 87.4 Å². The molecular formula is C13H22ClN3O3. The van der Waals surface area contributed by atoms with Crippen LogP contribution in [0.25, 0.3) is 0 Å².